The standard InChI is InChI=1S/C13H17ClN2O/c14-7-1-6-13(17)16-9-3-5-12(16)11-4-2-8-15-10-11/h2,4,8,10,12H,1,3,5-7,9H2. The Hall–Kier alpha value is -1.09. The lowest BCUT2D eigenvalue weighted by atomic mass is 10.1. The summed E-state index contributed by atoms with van der Waals surface area (Å²) in [7, 11) is 0. The van der Waals surface area contributed by atoms with Crippen molar-refractivity contribution in [3.63, 3.8) is 0 Å². The third kappa shape index (κ3) is 2.97. The molecule has 1 aromatic heterocycles. The quantitative estimate of drug-likeness (QED) is 0.772. The van der Waals surface area contributed by atoms with Gasteiger partial charge < -0.3 is 4.90 Å². The lowest BCUT2D eigenvalue weighted by Gasteiger charge is -2.24. The van der Waals surface area contributed by atoms with Crippen molar-refractivity contribution < 1.29 is 4.79 Å². The molecule has 0 aliphatic carbocycles. The maximum atomic E-state index is 12.0. The number of nitrogens with zero attached hydrogens (tertiary/aromatic N) is 2. The fraction of sp³-hybridized carbons (Fsp3) is 0.538. The highest BCUT2D eigenvalue weighted by atomic mass is 35.5. The number of hydrogen-bond donors (Lipinski definition) is 0. The highest BCUT2D eigenvalue weighted by Crippen LogP contribution is 2.31. The van der Waals surface area contributed by atoms with Gasteiger partial charge in [-0.3, -0.25) is 9.78 Å². The molecule has 1 aliphatic heterocycles. The summed E-state index contributed by atoms with van der Waals surface area (Å²) in [6, 6.07) is 4.19. The van der Waals surface area contributed by atoms with Gasteiger partial charge in [-0.05, 0) is 30.9 Å². The molecular formula is C13H17ClN2O. The Kier molecular flexibility index (Phi) is 4.37. The summed E-state index contributed by atoms with van der Waals surface area (Å²) >= 11 is 5.62. The van der Waals surface area contributed by atoms with Crippen molar-refractivity contribution in [2.75, 3.05) is 12.4 Å². The van der Waals surface area contributed by atoms with Gasteiger partial charge in [0.2, 0.25) is 5.91 Å². The Morgan fingerprint density at radius 2 is 2.47 bits per heavy atom. The fourth-order valence-corrected chi connectivity index (χ4v) is 2.48. The summed E-state index contributed by atoms with van der Waals surface area (Å²) in [4.78, 5) is 18.1. The monoisotopic (exact) mass is 252 g/mol. The van der Waals surface area contributed by atoms with Gasteiger partial charge in [-0.1, -0.05) is 6.07 Å². The summed E-state index contributed by atoms with van der Waals surface area (Å²) in [5.41, 5.74) is 1.14. The molecule has 4 heteroatoms. The molecule has 0 N–H and O–H groups in total. The van der Waals surface area contributed by atoms with E-state index in [0.717, 1.165) is 31.4 Å². The van der Waals surface area contributed by atoms with Crippen LogP contribution in [0.1, 0.15) is 37.3 Å². The van der Waals surface area contributed by atoms with Crippen molar-refractivity contribution in [1.29, 1.82) is 0 Å². The van der Waals surface area contributed by atoms with Crippen LogP contribution >= 0.6 is 11.6 Å². The summed E-state index contributed by atoms with van der Waals surface area (Å²) in [5, 5.41) is 0. The smallest absolute Gasteiger partial charge is 0.223 e. The van der Waals surface area contributed by atoms with Gasteiger partial charge in [-0.25, -0.2) is 0 Å². The average Bonchev–Trinajstić information content (AvgIpc) is 2.86. The maximum Gasteiger partial charge on any atom is 0.223 e. The predicted octanol–water partition coefficient (Wildman–Crippen LogP) is 2.76. The SMILES string of the molecule is O=C(CCCCl)N1CCCC1c1cccnc1. The molecule has 0 aromatic carbocycles. The van der Waals surface area contributed by atoms with Gasteiger partial charge in [-0.15, -0.1) is 11.6 Å². The Morgan fingerprint density at radius 3 is 3.18 bits per heavy atom. The van der Waals surface area contributed by atoms with E-state index in [4.69, 9.17) is 11.6 Å². The number of rotatable bonds is 4. The van der Waals surface area contributed by atoms with Crippen LogP contribution in [-0.4, -0.2) is 28.2 Å². The van der Waals surface area contributed by atoms with E-state index in [1.54, 1.807) is 6.20 Å². The molecular weight excluding hydrogens is 236 g/mol. The molecule has 1 aromatic rings. The van der Waals surface area contributed by atoms with Crippen molar-refractivity contribution in [3.8, 4) is 0 Å². The molecule has 1 saturated heterocycles. The molecule has 3 nitrogen and oxygen atoms in total. The summed E-state index contributed by atoms with van der Waals surface area (Å²) in [5.74, 6) is 0.772. The Balaban J connectivity index is 2.05. The predicted molar refractivity (Wildman–Crippen MR) is 67.9 cm³/mol. The van der Waals surface area contributed by atoms with Crippen molar-refractivity contribution in [3.05, 3.63) is 30.1 Å². The molecule has 0 saturated carbocycles. The zero-order chi connectivity index (χ0) is 12.1. The number of hydrogen-bond acceptors (Lipinski definition) is 2. The zero-order valence-electron chi connectivity index (χ0n) is 9.81. The van der Waals surface area contributed by atoms with Crippen molar-refractivity contribution in [2.24, 2.45) is 0 Å². The van der Waals surface area contributed by atoms with E-state index in [9.17, 15) is 4.79 Å². The number of carbonyl (C=O) groups is 1. The topological polar surface area (TPSA) is 33.2 Å². The molecule has 92 valence electrons. The van der Waals surface area contributed by atoms with Crippen molar-refractivity contribution in [1.82, 2.24) is 9.88 Å². The van der Waals surface area contributed by atoms with Crippen LogP contribution in [-0.2, 0) is 4.79 Å². The first-order chi connectivity index (χ1) is 8.33. The number of amides is 1. The molecule has 1 amide bonds. The van der Waals surface area contributed by atoms with E-state index in [2.05, 4.69) is 4.98 Å². The second-order valence-corrected chi connectivity index (χ2v) is 4.70. The molecule has 1 aliphatic rings. The van der Waals surface area contributed by atoms with Crippen LogP contribution in [0.15, 0.2) is 24.5 Å². The number of likely N-dealkylation sites (tertiary alicyclic amines) is 1. The van der Waals surface area contributed by atoms with Crippen molar-refractivity contribution >= 4 is 17.5 Å². The minimum absolute atomic E-state index is 0.214. The third-order valence-corrected chi connectivity index (χ3v) is 3.43. The van der Waals surface area contributed by atoms with Crippen LogP contribution < -0.4 is 0 Å². The van der Waals surface area contributed by atoms with E-state index in [1.165, 1.54) is 0 Å². The van der Waals surface area contributed by atoms with Gasteiger partial charge in [-0.2, -0.15) is 0 Å². The van der Waals surface area contributed by atoms with Gasteiger partial charge in [0, 0.05) is 31.2 Å². The Morgan fingerprint density at radius 1 is 1.59 bits per heavy atom. The Labute approximate surface area is 107 Å². The summed E-state index contributed by atoms with van der Waals surface area (Å²) in [6.07, 6.45) is 7.05. The van der Waals surface area contributed by atoms with Crippen LogP contribution in [0.25, 0.3) is 0 Å². The van der Waals surface area contributed by atoms with E-state index >= 15 is 0 Å². The Bertz CT molecular complexity index is 369. The molecule has 17 heavy (non-hydrogen) atoms. The van der Waals surface area contributed by atoms with Crippen LogP contribution in [0.4, 0.5) is 0 Å². The molecule has 1 atom stereocenters. The summed E-state index contributed by atoms with van der Waals surface area (Å²) in [6.45, 7) is 0.862. The zero-order valence-corrected chi connectivity index (χ0v) is 10.6. The largest absolute Gasteiger partial charge is 0.336 e. The molecule has 0 radical (unpaired) electrons. The minimum atomic E-state index is 0.214. The first-order valence-corrected chi connectivity index (χ1v) is 6.61. The normalized spacial score (nSPS) is 19.6. The first kappa shape index (κ1) is 12.4. The average molecular weight is 253 g/mol. The number of aromatic nitrogens is 1. The number of pyridine rings is 1. The lowest BCUT2D eigenvalue weighted by Crippen LogP contribution is -2.30. The number of carbonyl (C=O) groups excluding carboxylic acids is 1. The minimum Gasteiger partial charge on any atom is -0.336 e. The van der Waals surface area contributed by atoms with Crippen LogP contribution in [0.3, 0.4) is 0 Å². The molecule has 2 rings (SSSR count). The molecule has 1 unspecified atom stereocenters. The van der Waals surface area contributed by atoms with E-state index < -0.39 is 0 Å². The van der Waals surface area contributed by atoms with Crippen LogP contribution in [0.2, 0.25) is 0 Å². The van der Waals surface area contributed by atoms with E-state index in [-0.39, 0.29) is 11.9 Å². The second kappa shape index (κ2) is 6.01. The molecule has 0 bridgehead atoms. The molecule has 2 heterocycles. The van der Waals surface area contributed by atoms with Gasteiger partial charge in [0.25, 0.3) is 0 Å². The van der Waals surface area contributed by atoms with Gasteiger partial charge in [0.1, 0.15) is 0 Å². The fourth-order valence-electron chi connectivity index (χ4n) is 2.35. The molecule has 0 spiro atoms. The number of halogens is 1. The third-order valence-electron chi connectivity index (χ3n) is 3.17. The summed E-state index contributed by atoms with van der Waals surface area (Å²) < 4.78 is 0. The maximum absolute atomic E-state index is 12.0. The van der Waals surface area contributed by atoms with E-state index in [1.807, 2.05) is 23.2 Å². The lowest BCUT2D eigenvalue weighted by molar-refractivity contribution is -0.132. The van der Waals surface area contributed by atoms with Crippen LogP contribution in [0, 0.1) is 0 Å². The highest BCUT2D eigenvalue weighted by molar-refractivity contribution is 6.17. The van der Waals surface area contributed by atoms with Gasteiger partial charge in [0.15, 0.2) is 0 Å². The van der Waals surface area contributed by atoms with E-state index in [0.29, 0.717) is 12.3 Å². The molecule has 1 fully saturated rings. The van der Waals surface area contributed by atoms with Gasteiger partial charge in [0.05, 0.1) is 6.04 Å². The first-order valence-electron chi connectivity index (χ1n) is 6.08. The second-order valence-electron chi connectivity index (χ2n) is 4.32. The number of alkyl halides is 1. The highest BCUT2D eigenvalue weighted by Gasteiger charge is 2.29. The van der Waals surface area contributed by atoms with Crippen LogP contribution in [0.5, 0.6) is 0 Å². The van der Waals surface area contributed by atoms with Crippen molar-refractivity contribution in [2.45, 2.75) is 31.7 Å². The van der Waals surface area contributed by atoms with Gasteiger partial charge >= 0.3 is 0 Å².